The van der Waals surface area contributed by atoms with Gasteiger partial charge in [0.1, 0.15) is 0 Å². The molecular formula is C15H25N3O. The minimum atomic E-state index is 0.489. The van der Waals surface area contributed by atoms with Crippen LogP contribution in [0.2, 0.25) is 0 Å². The number of ether oxygens (including phenoxy) is 1. The van der Waals surface area contributed by atoms with E-state index in [1.54, 1.807) is 0 Å². The van der Waals surface area contributed by atoms with Gasteiger partial charge in [0.25, 0.3) is 0 Å². The van der Waals surface area contributed by atoms with Crippen molar-refractivity contribution in [1.82, 2.24) is 15.1 Å². The molecule has 0 amide bonds. The topological polar surface area (TPSA) is 39.1 Å². The molecule has 1 saturated heterocycles. The molecule has 1 aliphatic heterocycles. The molecular weight excluding hydrogens is 238 g/mol. The molecule has 19 heavy (non-hydrogen) atoms. The van der Waals surface area contributed by atoms with Gasteiger partial charge in [0.15, 0.2) is 0 Å². The summed E-state index contributed by atoms with van der Waals surface area (Å²) in [6.07, 6.45) is 11.5. The van der Waals surface area contributed by atoms with Crippen molar-refractivity contribution < 1.29 is 4.74 Å². The number of nitrogens with zero attached hydrogens (tertiary/aromatic N) is 2. The van der Waals surface area contributed by atoms with Crippen LogP contribution in [-0.2, 0) is 11.3 Å². The molecule has 1 aliphatic carbocycles. The summed E-state index contributed by atoms with van der Waals surface area (Å²) in [7, 11) is 0. The van der Waals surface area contributed by atoms with Crippen LogP contribution in [0, 0.1) is 0 Å². The fourth-order valence-electron chi connectivity index (χ4n) is 3.20. The molecule has 2 heterocycles. The van der Waals surface area contributed by atoms with E-state index >= 15 is 0 Å². The second kappa shape index (κ2) is 6.53. The van der Waals surface area contributed by atoms with Gasteiger partial charge in [-0.1, -0.05) is 12.8 Å². The van der Waals surface area contributed by atoms with Crippen LogP contribution in [0.15, 0.2) is 12.3 Å². The van der Waals surface area contributed by atoms with Gasteiger partial charge in [0.2, 0.25) is 0 Å². The summed E-state index contributed by atoms with van der Waals surface area (Å²) >= 11 is 0. The predicted octanol–water partition coefficient (Wildman–Crippen LogP) is 2.66. The van der Waals surface area contributed by atoms with Crippen LogP contribution in [0.1, 0.15) is 56.7 Å². The molecule has 2 fully saturated rings. The van der Waals surface area contributed by atoms with Crippen LogP contribution in [-0.4, -0.2) is 29.0 Å². The Balaban J connectivity index is 1.37. The van der Waals surface area contributed by atoms with Crippen LogP contribution in [0.3, 0.4) is 0 Å². The third kappa shape index (κ3) is 3.57. The van der Waals surface area contributed by atoms with Crippen LogP contribution >= 0.6 is 0 Å². The summed E-state index contributed by atoms with van der Waals surface area (Å²) < 4.78 is 7.79. The first kappa shape index (κ1) is 13.1. The lowest BCUT2D eigenvalue weighted by molar-refractivity contribution is 0.104. The molecule has 106 valence electrons. The summed E-state index contributed by atoms with van der Waals surface area (Å²) in [6, 6.07) is 2.80. The number of rotatable bonds is 6. The number of nitrogens with one attached hydrogen (secondary N) is 1. The largest absolute Gasteiger partial charge is 0.378 e. The lowest BCUT2D eigenvalue weighted by atomic mass is 10.2. The van der Waals surface area contributed by atoms with E-state index in [2.05, 4.69) is 27.4 Å². The normalized spacial score (nSPS) is 24.3. The Kier molecular flexibility index (Phi) is 4.51. The highest BCUT2D eigenvalue weighted by Gasteiger charge is 2.17. The molecule has 1 N–H and O–H groups in total. The van der Waals surface area contributed by atoms with Gasteiger partial charge in [-0.2, -0.15) is 5.10 Å². The maximum absolute atomic E-state index is 5.62. The van der Waals surface area contributed by atoms with Gasteiger partial charge >= 0.3 is 0 Å². The zero-order valence-electron chi connectivity index (χ0n) is 11.7. The highest BCUT2D eigenvalue weighted by atomic mass is 16.5. The van der Waals surface area contributed by atoms with Crippen molar-refractivity contribution in [3.05, 3.63) is 18.0 Å². The third-order valence-electron chi connectivity index (χ3n) is 4.34. The van der Waals surface area contributed by atoms with E-state index < -0.39 is 0 Å². The first-order valence-corrected chi connectivity index (χ1v) is 7.78. The van der Waals surface area contributed by atoms with Gasteiger partial charge < -0.3 is 10.1 Å². The molecule has 0 bridgehead atoms. The van der Waals surface area contributed by atoms with Crippen molar-refractivity contribution in [2.24, 2.45) is 0 Å². The van der Waals surface area contributed by atoms with E-state index in [-0.39, 0.29) is 0 Å². The maximum Gasteiger partial charge on any atom is 0.0762 e. The molecule has 2 aliphatic rings. The minimum absolute atomic E-state index is 0.489. The molecule has 1 atom stereocenters. The Hall–Kier alpha value is -0.870. The molecule has 4 nitrogen and oxygen atoms in total. The summed E-state index contributed by atoms with van der Waals surface area (Å²) in [4.78, 5) is 0. The van der Waals surface area contributed by atoms with Crippen molar-refractivity contribution in [1.29, 1.82) is 0 Å². The van der Waals surface area contributed by atoms with Crippen molar-refractivity contribution in [2.45, 2.75) is 63.6 Å². The van der Waals surface area contributed by atoms with E-state index in [0.717, 1.165) is 26.1 Å². The second-order valence-corrected chi connectivity index (χ2v) is 5.83. The Morgan fingerprint density at radius 1 is 1.26 bits per heavy atom. The number of hydrogen-bond acceptors (Lipinski definition) is 3. The molecule has 0 radical (unpaired) electrons. The van der Waals surface area contributed by atoms with E-state index in [0.29, 0.717) is 12.1 Å². The Morgan fingerprint density at radius 3 is 2.95 bits per heavy atom. The molecule has 1 aromatic rings. The summed E-state index contributed by atoms with van der Waals surface area (Å²) in [6.45, 7) is 2.86. The van der Waals surface area contributed by atoms with Crippen LogP contribution in [0.4, 0.5) is 0 Å². The average molecular weight is 263 g/mol. The predicted molar refractivity (Wildman–Crippen MR) is 75.0 cm³/mol. The van der Waals surface area contributed by atoms with Gasteiger partial charge in [-0.3, -0.25) is 4.68 Å². The quantitative estimate of drug-likeness (QED) is 0.802. The maximum atomic E-state index is 5.62. The van der Waals surface area contributed by atoms with Crippen LogP contribution in [0.5, 0.6) is 0 Å². The van der Waals surface area contributed by atoms with Crippen molar-refractivity contribution in [2.75, 3.05) is 13.2 Å². The van der Waals surface area contributed by atoms with Crippen molar-refractivity contribution in [3.8, 4) is 0 Å². The average Bonchev–Trinajstić information content (AvgIpc) is 3.15. The zero-order chi connectivity index (χ0) is 12.9. The van der Waals surface area contributed by atoms with Gasteiger partial charge in [-0.15, -0.1) is 0 Å². The van der Waals surface area contributed by atoms with Gasteiger partial charge in [-0.05, 0) is 44.7 Å². The molecule has 0 aromatic carbocycles. The van der Waals surface area contributed by atoms with E-state index in [4.69, 9.17) is 4.74 Å². The lowest BCUT2D eigenvalue weighted by Gasteiger charge is -2.10. The lowest BCUT2D eigenvalue weighted by Crippen LogP contribution is -2.20. The molecule has 3 rings (SSSR count). The van der Waals surface area contributed by atoms with E-state index in [1.807, 2.05) is 0 Å². The van der Waals surface area contributed by atoms with Crippen LogP contribution < -0.4 is 5.32 Å². The minimum Gasteiger partial charge on any atom is -0.378 e. The zero-order valence-corrected chi connectivity index (χ0v) is 11.7. The molecule has 1 saturated carbocycles. The first-order chi connectivity index (χ1) is 9.42. The second-order valence-electron chi connectivity index (χ2n) is 5.83. The standard InChI is InChI=1S/C15H25N3O/c1-2-5-14(4-1)18-10-8-13(17-18)12-16-9-7-15-6-3-11-19-15/h8,10,14-16H,1-7,9,11-12H2. The molecule has 0 spiro atoms. The molecule has 4 heteroatoms. The number of aromatic nitrogens is 2. The van der Waals surface area contributed by atoms with Gasteiger partial charge in [0.05, 0.1) is 17.8 Å². The third-order valence-corrected chi connectivity index (χ3v) is 4.34. The Morgan fingerprint density at radius 2 is 2.16 bits per heavy atom. The summed E-state index contributed by atoms with van der Waals surface area (Å²) in [5.74, 6) is 0. The fraction of sp³-hybridized carbons (Fsp3) is 0.800. The molecule has 1 unspecified atom stereocenters. The van der Waals surface area contributed by atoms with Gasteiger partial charge in [-0.25, -0.2) is 0 Å². The Bertz CT molecular complexity index is 378. The monoisotopic (exact) mass is 263 g/mol. The van der Waals surface area contributed by atoms with Gasteiger partial charge in [0, 0.05) is 19.3 Å². The summed E-state index contributed by atoms with van der Waals surface area (Å²) in [5, 5.41) is 8.16. The fourth-order valence-corrected chi connectivity index (χ4v) is 3.20. The van der Waals surface area contributed by atoms with E-state index in [9.17, 15) is 0 Å². The summed E-state index contributed by atoms with van der Waals surface area (Å²) in [5.41, 5.74) is 1.17. The van der Waals surface area contributed by atoms with E-state index in [1.165, 1.54) is 44.2 Å². The smallest absolute Gasteiger partial charge is 0.0762 e. The molecule has 1 aromatic heterocycles. The highest BCUT2D eigenvalue weighted by molar-refractivity contribution is 4.99. The number of hydrogen-bond donors (Lipinski definition) is 1. The first-order valence-electron chi connectivity index (χ1n) is 7.78. The van der Waals surface area contributed by atoms with Crippen LogP contribution in [0.25, 0.3) is 0 Å². The van der Waals surface area contributed by atoms with Crippen molar-refractivity contribution in [3.63, 3.8) is 0 Å². The van der Waals surface area contributed by atoms with Crippen molar-refractivity contribution >= 4 is 0 Å². The Labute approximate surface area is 115 Å². The SMILES string of the molecule is c1cn(C2CCCC2)nc1CNCCC1CCCO1. The highest BCUT2D eigenvalue weighted by Crippen LogP contribution is 2.28.